The minimum Gasteiger partial charge on any atom is -0.377 e. The van der Waals surface area contributed by atoms with Crippen LogP contribution in [-0.2, 0) is 4.74 Å². The van der Waals surface area contributed by atoms with Crippen molar-refractivity contribution in [2.24, 2.45) is 0 Å². The van der Waals surface area contributed by atoms with Crippen LogP contribution in [0.4, 0.5) is 14.5 Å². The lowest BCUT2D eigenvalue weighted by Crippen LogP contribution is -2.33. The Balaban J connectivity index is 2.12. The van der Waals surface area contributed by atoms with Crippen LogP contribution in [-0.4, -0.2) is 18.8 Å². The summed E-state index contributed by atoms with van der Waals surface area (Å²) < 4.78 is 32.7. The first-order valence-corrected chi connectivity index (χ1v) is 5.81. The van der Waals surface area contributed by atoms with Gasteiger partial charge in [-0.1, -0.05) is 0 Å². The second-order valence-electron chi connectivity index (χ2n) is 4.68. The third-order valence-electron chi connectivity index (χ3n) is 3.11. The number of nitriles is 1. The van der Waals surface area contributed by atoms with E-state index in [1.807, 2.05) is 6.92 Å². The molecule has 1 atom stereocenters. The highest BCUT2D eigenvalue weighted by Gasteiger charge is 2.30. The fraction of sp³-hybridized carbons (Fsp3) is 0.462. The van der Waals surface area contributed by atoms with E-state index in [4.69, 9.17) is 10.00 Å². The maximum atomic E-state index is 13.6. The zero-order valence-corrected chi connectivity index (χ0v) is 10.1. The van der Waals surface area contributed by atoms with E-state index in [0.29, 0.717) is 13.2 Å². The summed E-state index contributed by atoms with van der Waals surface area (Å²) in [5.74, 6) is -1.51. The highest BCUT2D eigenvalue weighted by atomic mass is 19.1. The second kappa shape index (κ2) is 4.91. The summed E-state index contributed by atoms with van der Waals surface area (Å²) in [6, 6.07) is 3.74. The lowest BCUT2D eigenvalue weighted by molar-refractivity contribution is 0.0314. The molecule has 1 saturated heterocycles. The van der Waals surface area contributed by atoms with Crippen LogP contribution < -0.4 is 5.32 Å². The third kappa shape index (κ3) is 2.59. The number of halogens is 2. The summed E-state index contributed by atoms with van der Waals surface area (Å²) in [5.41, 5.74) is -0.614. The van der Waals surface area contributed by atoms with Crippen molar-refractivity contribution < 1.29 is 13.5 Å². The lowest BCUT2D eigenvalue weighted by Gasteiger charge is -2.24. The van der Waals surface area contributed by atoms with Gasteiger partial charge in [0.05, 0.1) is 17.2 Å². The van der Waals surface area contributed by atoms with E-state index >= 15 is 0 Å². The van der Waals surface area contributed by atoms with Crippen LogP contribution in [0.25, 0.3) is 0 Å². The van der Waals surface area contributed by atoms with Gasteiger partial charge in [-0.3, -0.25) is 0 Å². The average molecular weight is 252 g/mol. The first-order chi connectivity index (χ1) is 8.54. The van der Waals surface area contributed by atoms with E-state index < -0.39 is 11.6 Å². The number of hydrogen-bond acceptors (Lipinski definition) is 3. The van der Waals surface area contributed by atoms with Gasteiger partial charge in [0.1, 0.15) is 5.69 Å². The third-order valence-corrected chi connectivity index (χ3v) is 3.11. The van der Waals surface area contributed by atoms with Gasteiger partial charge in [-0.2, -0.15) is 5.26 Å². The summed E-state index contributed by atoms with van der Waals surface area (Å²) in [5, 5.41) is 11.3. The minimum atomic E-state index is -0.756. The fourth-order valence-electron chi connectivity index (χ4n) is 2.06. The molecule has 0 radical (unpaired) electrons. The molecule has 5 heteroatoms. The summed E-state index contributed by atoms with van der Waals surface area (Å²) >= 11 is 0. The van der Waals surface area contributed by atoms with Crippen molar-refractivity contribution in [3.63, 3.8) is 0 Å². The van der Waals surface area contributed by atoms with Crippen LogP contribution in [0.2, 0.25) is 0 Å². The van der Waals surface area contributed by atoms with Gasteiger partial charge in [0.2, 0.25) is 0 Å². The second-order valence-corrected chi connectivity index (χ2v) is 4.68. The molecule has 1 heterocycles. The van der Waals surface area contributed by atoms with Gasteiger partial charge >= 0.3 is 0 Å². The van der Waals surface area contributed by atoms with Crippen molar-refractivity contribution in [1.82, 2.24) is 0 Å². The summed E-state index contributed by atoms with van der Waals surface area (Å²) in [7, 11) is 0. The number of nitrogens with zero attached hydrogens (tertiary/aromatic N) is 1. The first-order valence-electron chi connectivity index (χ1n) is 5.81. The molecule has 0 aromatic heterocycles. The summed E-state index contributed by atoms with van der Waals surface area (Å²) in [6.07, 6.45) is 1.82. The Labute approximate surface area is 104 Å². The van der Waals surface area contributed by atoms with E-state index in [9.17, 15) is 8.78 Å². The molecule has 1 aliphatic rings. The van der Waals surface area contributed by atoms with Gasteiger partial charge in [-0.15, -0.1) is 0 Å². The topological polar surface area (TPSA) is 45.0 Å². The minimum absolute atomic E-state index is 0.0288. The van der Waals surface area contributed by atoms with Gasteiger partial charge < -0.3 is 10.1 Å². The van der Waals surface area contributed by atoms with Crippen molar-refractivity contribution in [1.29, 1.82) is 5.26 Å². The van der Waals surface area contributed by atoms with Gasteiger partial charge in [0.25, 0.3) is 0 Å². The summed E-state index contributed by atoms with van der Waals surface area (Å²) in [4.78, 5) is 0. The largest absolute Gasteiger partial charge is 0.377 e. The smallest absolute Gasteiger partial charge is 0.150 e. The molecule has 3 nitrogen and oxygen atoms in total. The highest BCUT2D eigenvalue weighted by Crippen LogP contribution is 2.27. The maximum absolute atomic E-state index is 13.6. The van der Waals surface area contributed by atoms with Crippen molar-refractivity contribution >= 4 is 5.69 Å². The Hall–Kier alpha value is -1.67. The quantitative estimate of drug-likeness (QED) is 0.899. The maximum Gasteiger partial charge on any atom is 0.150 e. The molecular formula is C13H14F2N2O. The molecule has 1 aromatic rings. The van der Waals surface area contributed by atoms with Gasteiger partial charge in [0.15, 0.2) is 11.6 Å². The predicted molar refractivity (Wildman–Crippen MR) is 63.2 cm³/mol. The Bertz CT molecular complexity index is 467. The number of hydrogen-bond donors (Lipinski definition) is 1. The van der Waals surface area contributed by atoms with Gasteiger partial charge in [-0.25, -0.2) is 8.78 Å². The first kappa shape index (κ1) is 12.8. The molecule has 1 aromatic carbocycles. The molecule has 1 N–H and O–H groups in total. The van der Waals surface area contributed by atoms with E-state index in [2.05, 4.69) is 5.32 Å². The number of benzene rings is 1. The molecule has 0 bridgehead atoms. The van der Waals surface area contributed by atoms with Crippen molar-refractivity contribution in [2.75, 3.05) is 18.5 Å². The zero-order valence-electron chi connectivity index (χ0n) is 10.1. The predicted octanol–water partition coefficient (Wildman–Crippen LogP) is 2.82. The Morgan fingerprint density at radius 2 is 2.11 bits per heavy atom. The molecular weight excluding hydrogens is 238 g/mol. The van der Waals surface area contributed by atoms with Crippen LogP contribution in [0.5, 0.6) is 0 Å². The lowest BCUT2D eigenvalue weighted by atomic mass is 10.0. The van der Waals surface area contributed by atoms with Crippen LogP contribution in [0.3, 0.4) is 0 Å². The standard InChI is InChI=1S/C13H14F2N2O/c1-13(3-2-4-18-13)8-17-12-10(14)5-9(7-16)6-11(12)15/h5-6,17H,2-4,8H2,1H3. The molecule has 0 saturated carbocycles. The number of anilines is 1. The van der Waals surface area contributed by atoms with E-state index in [1.54, 1.807) is 6.07 Å². The zero-order chi connectivity index (χ0) is 13.2. The summed E-state index contributed by atoms with van der Waals surface area (Å²) in [6.45, 7) is 2.93. The van der Waals surface area contributed by atoms with Gasteiger partial charge in [-0.05, 0) is 31.9 Å². The molecule has 96 valence electrons. The Kier molecular flexibility index (Phi) is 3.48. The van der Waals surface area contributed by atoms with Crippen LogP contribution in [0.15, 0.2) is 12.1 Å². The number of rotatable bonds is 3. The molecule has 1 aliphatic heterocycles. The molecule has 1 fully saturated rings. The van der Waals surface area contributed by atoms with E-state index in [0.717, 1.165) is 25.0 Å². The molecule has 0 amide bonds. The van der Waals surface area contributed by atoms with Gasteiger partial charge in [0, 0.05) is 13.2 Å². The Morgan fingerprint density at radius 3 is 2.61 bits per heavy atom. The van der Waals surface area contributed by atoms with E-state index in [-0.39, 0.29) is 16.9 Å². The monoisotopic (exact) mass is 252 g/mol. The molecule has 18 heavy (non-hydrogen) atoms. The molecule has 0 aliphatic carbocycles. The van der Waals surface area contributed by atoms with Crippen molar-refractivity contribution in [2.45, 2.75) is 25.4 Å². The number of nitrogens with one attached hydrogen (secondary N) is 1. The fourth-order valence-corrected chi connectivity index (χ4v) is 2.06. The van der Waals surface area contributed by atoms with Crippen LogP contribution in [0, 0.1) is 23.0 Å². The average Bonchev–Trinajstić information content (AvgIpc) is 2.75. The van der Waals surface area contributed by atoms with Crippen LogP contribution in [0.1, 0.15) is 25.3 Å². The molecule has 0 spiro atoms. The van der Waals surface area contributed by atoms with Crippen molar-refractivity contribution in [3.8, 4) is 6.07 Å². The highest BCUT2D eigenvalue weighted by molar-refractivity contribution is 5.50. The van der Waals surface area contributed by atoms with E-state index in [1.165, 1.54) is 0 Å². The Morgan fingerprint density at radius 1 is 1.44 bits per heavy atom. The number of ether oxygens (including phenoxy) is 1. The van der Waals surface area contributed by atoms with Crippen LogP contribution >= 0.6 is 0 Å². The normalized spacial score (nSPS) is 22.8. The van der Waals surface area contributed by atoms with Crippen molar-refractivity contribution in [3.05, 3.63) is 29.3 Å². The molecule has 1 unspecified atom stereocenters. The SMILES string of the molecule is CC1(CNc2c(F)cc(C#N)cc2F)CCCO1. The molecule has 2 rings (SSSR count).